The zero-order valence-corrected chi connectivity index (χ0v) is 12.1. The van der Waals surface area contributed by atoms with E-state index in [4.69, 9.17) is 23.2 Å². The second-order valence-corrected chi connectivity index (χ2v) is 4.35. The molecule has 18 heavy (non-hydrogen) atoms. The van der Waals surface area contributed by atoms with Gasteiger partial charge in [-0.25, -0.2) is 0 Å². The fraction of sp³-hybridized carbons (Fsp3) is 0.214. The van der Waals surface area contributed by atoms with Gasteiger partial charge in [-0.15, -0.1) is 0 Å². The molecule has 0 amide bonds. The molecule has 0 fully saturated rings. The summed E-state index contributed by atoms with van der Waals surface area (Å²) in [5.41, 5.74) is 0.957. The summed E-state index contributed by atoms with van der Waals surface area (Å²) in [6, 6.07) is 5.41. The molecule has 0 N–H and O–H groups in total. The lowest BCUT2D eigenvalue weighted by Gasteiger charge is -2.05. The van der Waals surface area contributed by atoms with Crippen LogP contribution in [-0.4, -0.2) is 9.78 Å². The Kier molecular flexibility index (Phi) is 5.45. The second kappa shape index (κ2) is 6.62. The van der Waals surface area contributed by atoms with Crippen LogP contribution < -0.4 is 10.6 Å². The first-order valence-corrected chi connectivity index (χ1v) is 6.47. The molecule has 4 heteroatoms. The summed E-state index contributed by atoms with van der Waals surface area (Å²) in [5.74, 6) is 0. The summed E-state index contributed by atoms with van der Waals surface area (Å²) in [4.78, 5) is 0. The topological polar surface area (TPSA) is 17.8 Å². The Morgan fingerprint density at radius 1 is 1.22 bits per heavy atom. The molecule has 1 heterocycles. The zero-order chi connectivity index (χ0) is 13.7. The van der Waals surface area contributed by atoms with Gasteiger partial charge in [-0.05, 0) is 17.7 Å². The predicted octanol–water partition coefficient (Wildman–Crippen LogP) is 3.09. The minimum atomic E-state index is 0.574. The lowest BCUT2D eigenvalue weighted by Crippen LogP contribution is -2.27. The minimum absolute atomic E-state index is 0.574. The van der Waals surface area contributed by atoms with Gasteiger partial charge in [0.1, 0.15) is 0 Å². The van der Waals surface area contributed by atoms with Gasteiger partial charge in [-0.2, -0.15) is 5.10 Å². The predicted molar refractivity (Wildman–Crippen MR) is 79.4 cm³/mol. The van der Waals surface area contributed by atoms with Crippen molar-refractivity contribution in [3.8, 4) is 0 Å². The highest BCUT2D eigenvalue weighted by Gasteiger charge is 2.03. The van der Waals surface area contributed by atoms with Gasteiger partial charge in [-0.1, -0.05) is 56.3 Å². The van der Waals surface area contributed by atoms with Gasteiger partial charge in [0.05, 0.1) is 18.1 Å². The first kappa shape index (κ1) is 14.8. The van der Waals surface area contributed by atoms with Crippen molar-refractivity contribution in [1.82, 2.24) is 9.78 Å². The first-order valence-electron chi connectivity index (χ1n) is 5.71. The van der Waals surface area contributed by atoms with Crippen molar-refractivity contribution in [3.63, 3.8) is 0 Å². The Hall–Kier alpha value is -1.25. The van der Waals surface area contributed by atoms with Gasteiger partial charge in [-0.3, -0.25) is 4.68 Å². The molecule has 0 saturated heterocycles. The van der Waals surface area contributed by atoms with Crippen LogP contribution in [0.15, 0.2) is 24.4 Å². The monoisotopic (exact) mass is 282 g/mol. The Morgan fingerprint density at radius 3 is 2.39 bits per heavy atom. The van der Waals surface area contributed by atoms with E-state index in [2.05, 4.69) is 18.3 Å². The third kappa shape index (κ3) is 3.37. The van der Waals surface area contributed by atoms with Crippen molar-refractivity contribution < 1.29 is 0 Å². The van der Waals surface area contributed by atoms with Crippen LogP contribution >= 0.6 is 23.2 Å². The molecule has 0 aliphatic carbocycles. The van der Waals surface area contributed by atoms with E-state index < -0.39 is 0 Å². The lowest BCUT2D eigenvalue weighted by molar-refractivity contribution is 0.667. The van der Waals surface area contributed by atoms with E-state index in [1.54, 1.807) is 23.0 Å². The molecule has 1 aromatic heterocycles. The molecule has 2 rings (SSSR count). The maximum Gasteiger partial charge on any atom is 0.0680 e. The number of rotatable bonds is 2. The van der Waals surface area contributed by atoms with Crippen LogP contribution in [0, 0.1) is 0 Å². The van der Waals surface area contributed by atoms with E-state index in [1.807, 2.05) is 19.9 Å². The summed E-state index contributed by atoms with van der Waals surface area (Å²) in [7, 11) is 0. The standard InChI is InChI=1S/C12H10Cl2N2.C2H6/c1-8-6-15-16(9(8)2)7-10-3-4-11(13)5-12(10)14;1-2/h3-6H,1-2,7H2;1-2H3. The fourth-order valence-electron chi connectivity index (χ4n) is 1.40. The molecule has 0 aliphatic heterocycles. The summed E-state index contributed by atoms with van der Waals surface area (Å²) < 4.78 is 1.76. The SMILES string of the molecule is C=c1cnn(Cc2ccc(Cl)cc2Cl)c1=C.CC. The average Bonchev–Trinajstić information content (AvgIpc) is 2.67. The summed E-state index contributed by atoms with van der Waals surface area (Å²) in [6.45, 7) is 12.3. The number of benzene rings is 1. The Labute approximate surface area is 117 Å². The number of nitrogens with zero attached hydrogens (tertiary/aromatic N) is 2. The van der Waals surface area contributed by atoms with Gasteiger partial charge in [0, 0.05) is 15.3 Å². The summed E-state index contributed by atoms with van der Waals surface area (Å²) in [5, 5.41) is 7.05. The van der Waals surface area contributed by atoms with Crippen LogP contribution in [0.5, 0.6) is 0 Å². The maximum absolute atomic E-state index is 6.08. The van der Waals surface area contributed by atoms with Crippen LogP contribution in [0.4, 0.5) is 0 Å². The molecule has 2 aromatic rings. The Balaban J connectivity index is 0.000000771. The maximum atomic E-state index is 6.08. The highest BCUT2D eigenvalue weighted by atomic mass is 35.5. The summed E-state index contributed by atoms with van der Waals surface area (Å²) in [6.07, 6.45) is 1.69. The fourth-order valence-corrected chi connectivity index (χ4v) is 1.87. The molecule has 0 aliphatic rings. The van der Waals surface area contributed by atoms with E-state index in [-0.39, 0.29) is 0 Å². The third-order valence-corrected chi connectivity index (χ3v) is 2.96. The van der Waals surface area contributed by atoms with Crippen molar-refractivity contribution >= 4 is 36.4 Å². The molecule has 0 saturated carbocycles. The third-order valence-electron chi connectivity index (χ3n) is 2.37. The largest absolute Gasteiger partial charge is 0.261 e. The Bertz CT molecular complexity index is 617. The zero-order valence-electron chi connectivity index (χ0n) is 10.6. The van der Waals surface area contributed by atoms with Gasteiger partial charge < -0.3 is 0 Å². The van der Waals surface area contributed by atoms with Crippen molar-refractivity contribution in [3.05, 3.63) is 50.6 Å². The molecule has 96 valence electrons. The van der Waals surface area contributed by atoms with Crippen LogP contribution in [0.1, 0.15) is 19.4 Å². The van der Waals surface area contributed by atoms with Gasteiger partial charge >= 0.3 is 0 Å². The van der Waals surface area contributed by atoms with Crippen LogP contribution in [0.25, 0.3) is 13.2 Å². The lowest BCUT2D eigenvalue weighted by atomic mass is 10.2. The van der Waals surface area contributed by atoms with E-state index >= 15 is 0 Å². The number of hydrogen-bond acceptors (Lipinski definition) is 1. The number of aromatic nitrogens is 2. The molecule has 0 radical (unpaired) electrons. The highest BCUT2D eigenvalue weighted by molar-refractivity contribution is 6.35. The van der Waals surface area contributed by atoms with Gasteiger partial charge in [0.15, 0.2) is 0 Å². The molecule has 0 unspecified atom stereocenters. The van der Waals surface area contributed by atoms with Crippen LogP contribution in [0.2, 0.25) is 10.0 Å². The van der Waals surface area contributed by atoms with Crippen LogP contribution in [-0.2, 0) is 6.54 Å². The minimum Gasteiger partial charge on any atom is -0.261 e. The van der Waals surface area contributed by atoms with Crippen LogP contribution in [0.3, 0.4) is 0 Å². The quantitative estimate of drug-likeness (QED) is 0.828. The van der Waals surface area contributed by atoms with Gasteiger partial charge in [0.25, 0.3) is 0 Å². The normalized spacial score (nSPS) is 9.78. The molecular formula is C14H16Cl2N2. The number of halogens is 2. The van der Waals surface area contributed by atoms with E-state index in [0.717, 1.165) is 16.1 Å². The molecule has 0 bridgehead atoms. The first-order chi connectivity index (χ1) is 8.58. The molecule has 1 aromatic carbocycles. The molecule has 0 atom stereocenters. The van der Waals surface area contributed by atoms with Crippen molar-refractivity contribution in [1.29, 1.82) is 0 Å². The molecule has 2 nitrogen and oxygen atoms in total. The van der Waals surface area contributed by atoms with E-state index in [9.17, 15) is 0 Å². The van der Waals surface area contributed by atoms with Crippen molar-refractivity contribution in [2.24, 2.45) is 0 Å². The second-order valence-electron chi connectivity index (χ2n) is 3.51. The molecular weight excluding hydrogens is 267 g/mol. The van der Waals surface area contributed by atoms with E-state index in [0.29, 0.717) is 16.6 Å². The highest BCUT2D eigenvalue weighted by Crippen LogP contribution is 2.21. The average molecular weight is 283 g/mol. The summed E-state index contributed by atoms with van der Waals surface area (Å²) >= 11 is 11.9. The van der Waals surface area contributed by atoms with Crippen molar-refractivity contribution in [2.45, 2.75) is 20.4 Å². The van der Waals surface area contributed by atoms with E-state index in [1.165, 1.54) is 0 Å². The van der Waals surface area contributed by atoms with Gasteiger partial charge in [0.2, 0.25) is 0 Å². The molecule has 0 spiro atoms. The smallest absolute Gasteiger partial charge is 0.0680 e. The number of hydrogen-bond donors (Lipinski definition) is 0. The van der Waals surface area contributed by atoms with Crippen molar-refractivity contribution in [2.75, 3.05) is 0 Å². The Morgan fingerprint density at radius 2 is 1.89 bits per heavy atom.